The average molecular weight is 560 g/mol. The van der Waals surface area contributed by atoms with Crippen LogP contribution in [0.15, 0.2) is 75.4 Å². The molecule has 2 N–H and O–H groups in total. The van der Waals surface area contributed by atoms with Crippen LogP contribution in [-0.4, -0.2) is 30.0 Å². The molecule has 0 unspecified atom stereocenters. The lowest BCUT2D eigenvalue weighted by atomic mass is 10.2. The maximum Gasteiger partial charge on any atom is 0.317 e. The molecule has 0 saturated heterocycles. The highest BCUT2D eigenvalue weighted by Crippen LogP contribution is 2.32. The third kappa shape index (κ3) is 5.72. The molecule has 0 saturated carbocycles. The number of hydrazone groups is 1. The van der Waals surface area contributed by atoms with E-state index in [0.717, 1.165) is 21.8 Å². The summed E-state index contributed by atoms with van der Waals surface area (Å²) < 4.78 is 7.55. The van der Waals surface area contributed by atoms with Crippen LogP contribution in [-0.2, 0) is 11.3 Å². The number of fused-ring (bicyclic) bond motifs is 1. The molecule has 1 aromatic heterocycles. The molecular weight excluding hydrogens is 540 g/mol. The third-order valence-electron chi connectivity index (χ3n) is 4.93. The Morgan fingerprint density at radius 2 is 2.03 bits per heavy atom. The van der Waals surface area contributed by atoms with Crippen molar-refractivity contribution in [2.75, 3.05) is 12.9 Å². The van der Waals surface area contributed by atoms with Crippen LogP contribution < -0.4 is 19.8 Å². The van der Waals surface area contributed by atoms with Gasteiger partial charge in [-0.05, 0) is 59.3 Å². The molecule has 0 aliphatic rings. The first-order valence-electron chi connectivity index (χ1n) is 10.2. The zero-order valence-electron chi connectivity index (χ0n) is 18.0. The number of nitrogens with zero attached hydrogens (tertiary/aromatic N) is 2. The number of amides is 1. The van der Waals surface area contributed by atoms with E-state index in [2.05, 4.69) is 36.0 Å². The van der Waals surface area contributed by atoms with Crippen molar-refractivity contribution in [2.45, 2.75) is 11.7 Å². The highest BCUT2D eigenvalue weighted by Gasteiger charge is 2.20. The molecule has 10 heteroatoms. The molecule has 0 bridgehead atoms. The Morgan fingerprint density at radius 1 is 1.26 bits per heavy atom. The van der Waals surface area contributed by atoms with E-state index in [4.69, 9.17) is 16.3 Å². The maximum absolute atomic E-state index is 12.4. The Labute approximate surface area is 213 Å². The number of nitrogens with one attached hydrogen (secondary N) is 2. The minimum atomic E-state index is -0.260. The number of carbonyl (C=O) groups excluding carboxylic acids is 1. The fraction of sp³-hybridized carbons (Fsp3) is 0.125. The summed E-state index contributed by atoms with van der Waals surface area (Å²) in [6.07, 6.45) is 1.46. The van der Waals surface area contributed by atoms with Crippen LogP contribution in [0.5, 0.6) is 11.5 Å². The fourth-order valence-corrected chi connectivity index (χ4v) is 4.73. The monoisotopic (exact) mass is 558 g/mol. The van der Waals surface area contributed by atoms with Crippen LogP contribution in [0.4, 0.5) is 0 Å². The molecule has 0 spiro atoms. The molecule has 0 radical (unpaired) electrons. The first-order valence-corrected chi connectivity index (χ1v) is 12.3. The molecule has 4 aromatic rings. The Hall–Kier alpha value is -3.01. The molecule has 0 aliphatic heterocycles. The number of hydrogen-bond donors (Lipinski definition) is 2. The predicted octanol–water partition coefficient (Wildman–Crippen LogP) is 4.24. The van der Waals surface area contributed by atoms with Gasteiger partial charge in [-0.15, -0.1) is 0 Å². The number of aromatic amines is 1. The van der Waals surface area contributed by atoms with E-state index in [1.54, 1.807) is 12.1 Å². The van der Waals surface area contributed by atoms with E-state index in [0.29, 0.717) is 21.6 Å². The second-order valence-corrected chi connectivity index (χ2v) is 9.53. The summed E-state index contributed by atoms with van der Waals surface area (Å²) in [7, 11) is 1.42. The third-order valence-corrected chi connectivity index (χ3v) is 6.77. The zero-order chi connectivity index (χ0) is 24.1. The topological polar surface area (TPSA) is 93.4 Å². The number of para-hydroxylation sites is 2. The molecule has 0 aliphatic carbocycles. The molecule has 4 rings (SSSR count). The zero-order valence-corrected chi connectivity index (χ0v) is 21.2. The normalized spacial score (nSPS) is 11.3. The van der Waals surface area contributed by atoms with Gasteiger partial charge in [0.15, 0.2) is 11.0 Å². The number of ether oxygens (including phenoxy) is 1. The van der Waals surface area contributed by atoms with E-state index in [-0.39, 0.29) is 23.2 Å². The Bertz CT molecular complexity index is 1360. The summed E-state index contributed by atoms with van der Waals surface area (Å²) in [5.41, 5.74) is 6.26. The molecule has 7 nitrogen and oxygen atoms in total. The average Bonchev–Trinajstić information content (AvgIpc) is 3.18. The highest BCUT2D eigenvalue weighted by molar-refractivity contribution is 9.10. The molecular formula is C24H20BrClN4O3S. The fourth-order valence-electron chi connectivity index (χ4n) is 3.31. The Morgan fingerprint density at radius 3 is 2.79 bits per heavy atom. The number of rotatable bonds is 8. The minimum Gasteiger partial charge on any atom is -0.869 e. The standard InChI is InChI=1S/C24H20BrClN4O3S/c1-33-21-11-16(10-18(25)23(21)32)12-27-29-22(31)14-34-24-28-19-4-2-3-5-20(19)30(24)13-15-6-8-17(26)9-7-15/h2-12H,13-14H2,1H3,(H2,27,29,31,32). The first kappa shape index (κ1) is 24.1. The molecule has 1 heterocycles. The second-order valence-electron chi connectivity index (χ2n) is 7.28. The summed E-state index contributed by atoms with van der Waals surface area (Å²) in [5.74, 6) is -0.145. The number of H-pyrrole nitrogens is 1. The Balaban J connectivity index is 1.44. The number of aromatic nitrogens is 2. The highest BCUT2D eigenvalue weighted by atomic mass is 79.9. The van der Waals surface area contributed by atoms with Gasteiger partial charge in [0.2, 0.25) is 0 Å². The molecule has 174 valence electrons. The number of hydrogen-bond acceptors (Lipinski definition) is 5. The SMILES string of the molecule is COc1cc(C=NNC(=O)CSc2[nH]c3ccccc3[n+]2Cc2ccc(Cl)cc2)cc(Br)c1[O-]. The number of benzene rings is 3. The van der Waals surface area contributed by atoms with Gasteiger partial charge in [-0.1, -0.05) is 57.5 Å². The van der Waals surface area contributed by atoms with Crippen molar-refractivity contribution in [3.8, 4) is 11.5 Å². The lowest BCUT2D eigenvalue weighted by molar-refractivity contribution is -0.700. The summed E-state index contributed by atoms with van der Waals surface area (Å²) in [4.78, 5) is 15.8. The van der Waals surface area contributed by atoms with Crippen LogP contribution in [0, 0.1) is 0 Å². The second kappa shape index (κ2) is 10.9. The van der Waals surface area contributed by atoms with Crippen molar-refractivity contribution in [3.63, 3.8) is 0 Å². The number of carbonyl (C=O) groups is 1. The van der Waals surface area contributed by atoms with Gasteiger partial charge < -0.3 is 9.84 Å². The van der Waals surface area contributed by atoms with E-state index >= 15 is 0 Å². The lowest BCUT2D eigenvalue weighted by Crippen LogP contribution is -2.36. The smallest absolute Gasteiger partial charge is 0.317 e. The van der Waals surface area contributed by atoms with Crippen LogP contribution in [0.2, 0.25) is 5.02 Å². The molecule has 0 atom stereocenters. The van der Waals surface area contributed by atoms with Gasteiger partial charge in [-0.3, -0.25) is 4.79 Å². The van der Waals surface area contributed by atoms with Crippen LogP contribution in [0.25, 0.3) is 11.0 Å². The van der Waals surface area contributed by atoms with Crippen molar-refractivity contribution in [1.82, 2.24) is 10.4 Å². The van der Waals surface area contributed by atoms with E-state index in [9.17, 15) is 9.90 Å². The van der Waals surface area contributed by atoms with Crippen LogP contribution in [0.3, 0.4) is 0 Å². The van der Waals surface area contributed by atoms with Crippen LogP contribution >= 0.6 is 39.3 Å². The molecule has 3 aromatic carbocycles. The minimum absolute atomic E-state index is 0.164. The van der Waals surface area contributed by atoms with Gasteiger partial charge >= 0.3 is 5.16 Å². The van der Waals surface area contributed by atoms with Crippen molar-refractivity contribution in [3.05, 3.63) is 81.3 Å². The number of imidazole rings is 1. The van der Waals surface area contributed by atoms with Gasteiger partial charge in [0, 0.05) is 9.50 Å². The summed E-state index contributed by atoms with van der Waals surface area (Å²) in [5, 5.41) is 17.4. The molecule has 34 heavy (non-hydrogen) atoms. The van der Waals surface area contributed by atoms with Crippen molar-refractivity contribution < 1.29 is 19.2 Å². The summed E-state index contributed by atoms with van der Waals surface area (Å²) >= 11 is 10.6. The number of halogens is 2. The summed E-state index contributed by atoms with van der Waals surface area (Å²) in [6, 6.07) is 18.9. The quantitative estimate of drug-likeness (QED) is 0.146. The van der Waals surface area contributed by atoms with Gasteiger partial charge in [0.25, 0.3) is 5.91 Å². The number of methoxy groups -OCH3 is 1. The van der Waals surface area contributed by atoms with Gasteiger partial charge in [-0.25, -0.2) is 15.0 Å². The van der Waals surface area contributed by atoms with Gasteiger partial charge in [0.1, 0.15) is 12.3 Å². The maximum atomic E-state index is 12.4. The van der Waals surface area contributed by atoms with Crippen molar-refractivity contribution in [2.24, 2.45) is 5.10 Å². The van der Waals surface area contributed by atoms with E-state index in [1.165, 1.54) is 25.1 Å². The predicted molar refractivity (Wildman–Crippen MR) is 136 cm³/mol. The number of thioether (sulfide) groups is 1. The molecule has 1 amide bonds. The van der Waals surface area contributed by atoms with Crippen molar-refractivity contribution >= 4 is 62.4 Å². The lowest BCUT2D eigenvalue weighted by Gasteiger charge is -2.14. The molecule has 0 fully saturated rings. The summed E-state index contributed by atoms with van der Waals surface area (Å²) in [6.45, 7) is 0.635. The van der Waals surface area contributed by atoms with Crippen LogP contribution in [0.1, 0.15) is 11.1 Å². The van der Waals surface area contributed by atoms with Gasteiger partial charge in [0.05, 0.1) is 19.1 Å². The van der Waals surface area contributed by atoms with E-state index < -0.39 is 0 Å². The first-order chi connectivity index (χ1) is 16.4. The van der Waals surface area contributed by atoms with Crippen molar-refractivity contribution in [1.29, 1.82) is 0 Å². The van der Waals surface area contributed by atoms with E-state index in [1.807, 2.05) is 48.5 Å². The van der Waals surface area contributed by atoms with Gasteiger partial charge in [-0.2, -0.15) is 5.10 Å². The Kier molecular flexibility index (Phi) is 7.77. The largest absolute Gasteiger partial charge is 0.869 e.